The average Bonchev–Trinajstić information content (AvgIpc) is 3.20. The van der Waals surface area contributed by atoms with Gasteiger partial charge >= 0.3 is 0 Å². The van der Waals surface area contributed by atoms with E-state index in [0.29, 0.717) is 5.56 Å². The van der Waals surface area contributed by atoms with E-state index in [9.17, 15) is 0 Å². The molecule has 0 aliphatic carbocycles. The van der Waals surface area contributed by atoms with Crippen molar-refractivity contribution in [3.63, 3.8) is 0 Å². The third-order valence-electron chi connectivity index (χ3n) is 4.06. The minimum Gasteiger partial charge on any atom is -0.372 e. The zero-order valence-corrected chi connectivity index (χ0v) is 14.0. The summed E-state index contributed by atoms with van der Waals surface area (Å²) < 4.78 is 0. The van der Waals surface area contributed by atoms with E-state index >= 15 is 0 Å². The van der Waals surface area contributed by atoms with Gasteiger partial charge in [0.2, 0.25) is 0 Å². The molecule has 1 aliphatic rings. The van der Waals surface area contributed by atoms with Crippen molar-refractivity contribution >= 4 is 5.69 Å². The van der Waals surface area contributed by atoms with Gasteiger partial charge in [0.15, 0.2) is 0 Å². The molecular formula is C23H18N2. The smallest absolute Gasteiger partial charge is 0.100 e. The number of benzene rings is 2. The molecule has 0 N–H and O–H groups in total. The summed E-state index contributed by atoms with van der Waals surface area (Å²) in [5, 5.41) is 9.01. The highest BCUT2D eigenvalue weighted by molar-refractivity contribution is 5.52. The van der Waals surface area contributed by atoms with Gasteiger partial charge in [0, 0.05) is 29.9 Å². The van der Waals surface area contributed by atoms with Gasteiger partial charge < -0.3 is 4.90 Å². The van der Waals surface area contributed by atoms with Crippen molar-refractivity contribution < 1.29 is 0 Å². The fraction of sp³-hybridized carbons (Fsp3) is 0.174. The summed E-state index contributed by atoms with van der Waals surface area (Å²) in [5.41, 5.74) is 3.60. The van der Waals surface area contributed by atoms with Gasteiger partial charge in [-0.25, -0.2) is 0 Å². The van der Waals surface area contributed by atoms with Gasteiger partial charge in [0.1, 0.15) is 6.07 Å². The molecule has 1 saturated heterocycles. The Morgan fingerprint density at radius 2 is 1.44 bits per heavy atom. The third-order valence-corrected chi connectivity index (χ3v) is 4.06. The molecule has 0 aromatic heterocycles. The van der Waals surface area contributed by atoms with Crippen LogP contribution in [0.15, 0.2) is 60.7 Å². The van der Waals surface area contributed by atoms with E-state index in [-0.39, 0.29) is 0 Å². The predicted molar refractivity (Wildman–Crippen MR) is 102 cm³/mol. The van der Waals surface area contributed by atoms with Gasteiger partial charge in [-0.3, -0.25) is 0 Å². The van der Waals surface area contributed by atoms with Crippen LogP contribution in [-0.4, -0.2) is 13.1 Å². The maximum atomic E-state index is 9.01. The highest BCUT2D eigenvalue weighted by Gasteiger charge is 2.11. The molecular weight excluding hydrogens is 304 g/mol. The fourth-order valence-electron chi connectivity index (χ4n) is 2.75. The van der Waals surface area contributed by atoms with Crippen LogP contribution < -0.4 is 4.90 Å². The zero-order valence-electron chi connectivity index (χ0n) is 14.0. The van der Waals surface area contributed by atoms with Crippen LogP contribution in [0.5, 0.6) is 0 Å². The van der Waals surface area contributed by atoms with Crippen molar-refractivity contribution in [3.8, 4) is 29.8 Å². The number of anilines is 1. The van der Waals surface area contributed by atoms with Crippen LogP contribution >= 0.6 is 0 Å². The first-order valence-corrected chi connectivity index (χ1v) is 8.39. The summed E-state index contributed by atoms with van der Waals surface area (Å²) in [4.78, 5) is 2.41. The SMILES string of the molecule is N#Cc1ccccc1C#CC=CC#Cc1ccc(N2CCCC2)cc1. The van der Waals surface area contributed by atoms with E-state index in [1.54, 1.807) is 18.2 Å². The Morgan fingerprint density at radius 3 is 2.12 bits per heavy atom. The molecule has 0 atom stereocenters. The van der Waals surface area contributed by atoms with Crippen LogP contribution in [-0.2, 0) is 0 Å². The highest BCUT2D eigenvalue weighted by Crippen LogP contribution is 2.20. The number of nitriles is 1. The molecule has 1 fully saturated rings. The lowest BCUT2D eigenvalue weighted by atomic mass is 10.1. The normalized spacial score (nSPS) is 12.8. The lowest BCUT2D eigenvalue weighted by molar-refractivity contribution is 0.949. The Bertz CT molecular complexity index is 916. The van der Waals surface area contributed by atoms with Crippen LogP contribution in [0.4, 0.5) is 5.69 Å². The molecule has 2 heteroatoms. The summed E-state index contributed by atoms with van der Waals surface area (Å²) >= 11 is 0. The highest BCUT2D eigenvalue weighted by atomic mass is 15.1. The van der Waals surface area contributed by atoms with Crippen molar-refractivity contribution in [3.05, 3.63) is 77.4 Å². The second kappa shape index (κ2) is 8.44. The Labute approximate surface area is 149 Å². The Hall–Kier alpha value is -3.41. The van der Waals surface area contributed by atoms with Crippen LogP contribution in [0.1, 0.15) is 29.5 Å². The fourth-order valence-corrected chi connectivity index (χ4v) is 2.75. The maximum Gasteiger partial charge on any atom is 0.100 e. The van der Waals surface area contributed by atoms with E-state index in [4.69, 9.17) is 5.26 Å². The largest absolute Gasteiger partial charge is 0.372 e. The van der Waals surface area contributed by atoms with Crippen molar-refractivity contribution in [2.75, 3.05) is 18.0 Å². The van der Waals surface area contributed by atoms with Gasteiger partial charge in [0.25, 0.3) is 0 Å². The van der Waals surface area contributed by atoms with E-state index in [0.717, 1.165) is 24.2 Å². The number of hydrogen-bond donors (Lipinski definition) is 0. The molecule has 0 amide bonds. The van der Waals surface area contributed by atoms with Gasteiger partial charge in [-0.15, -0.1) is 0 Å². The van der Waals surface area contributed by atoms with Crippen LogP contribution in [0.2, 0.25) is 0 Å². The first-order chi connectivity index (χ1) is 12.4. The molecule has 2 aromatic rings. The van der Waals surface area contributed by atoms with Crippen molar-refractivity contribution in [2.45, 2.75) is 12.8 Å². The molecule has 3 rings (SSSR count). The quantitative estimate of drug-likeness (QED) is 0.739. The average molecular weight is 322 g/mol. The van der Waals surface area contributed by atoms with Crippen molar-refractivity contribution in [1.82, 2.24) is 0 Å². The molecule has 0 spiro atoms. The summed E-state index contributed by atoms with van der Waals surface area (Å²) in [5.74, 6) is 12.0. The van der Waals surface area contributed by atoms with E-state index in [1.165, 1.54) is 18.5 Å². The number of hydrogen-bond acceptors (Lipinski definition) is 2. The van der Waals surface area contributed by atoms with Gasteiger partial charge in [0.05, 0.1) is 5.56 Å². The minimum absolute atomic E-state index is 0.590. The predicted octanol–water partition coefficient (Wildman–Crippen LogP) is 4.12. The first-order valence-electron chi connectivity index (χ1n) is 8.39. The van der Waals surface area contributed by atoms with Gasteiger partial charge in [-0.05, 0) is 61.4 Å². The molecule has 1 aliphatic heterocycles. The van der Waals surface area contributed by atoms with E-state index < -0.39 is 0 Å². The molecule has 0 bridgehead atoms. The van der Waals surface area contributed by atoms with E-state index in [2.05, 4.69) is 58.9 Å². The zero-order chi connectivity index (χ0) is 17.3. The van der Waals surface area contributed by atoms with Gasteiger partial charge in [-0.2, -0.15) is 5.26 Å². The minimum atomic E-state index is 0.590. The Kier molecular flexibility index (Phi) is 5.56. The summed E-state index contributed by atoms with van der Waals surface area (Å²) in [6.45, 7) is 2.31. The number of rotatable bonds is 1. The second-order valence-electron chi connectivity index (χ2n) is 5.77. The van der Waals surface area contributed by atoms with Crippen molar-refractivity contribution in [1.29, 1.82) is 5.26 Å². The first kappa shape index (κ1) is 16.4. The second-order valence-corrected chi connectivity index (χ2v) is 5.77. The number of allylic oxidation sites excluding steroid dienone is 2. The van der Waals surface area contributed by atoms with Crippen molar-refractivity contribution in [2.24, 2.45) is 0 Å². The number of nitrogens with zero attached hydrogens (tertiary/aromatic N) is 2. The van der Waals surface area contributed by atoms with Gasteiger partial charge in [-0.1, -0.05) is 35.8 Å². The lowest BCUT2D eigenvalue weighted by Crippen LogP contribution is -2.17. The topological polar surface area (TPSA) is 27.0 Å². The van der Waals surface area contributed by atoms with Crippen LogP contribution in [0.25, 0.3) is 0 Å². The summed E-state index contributed by atoms with van der Waals surface area (Å²) in [6.07, 6.45) is 6.01. The molecule has 2 nitrogen and oxygen atoms in total. The summed E-state index contributed by atoms with van der Waals surface area (Å²) in [6, 6.07) is 17.8. The molecule has 0 radical (unpaired) electrons. The maximum absolute atomic E-state index is 9.01. The molecule has 25 heavy (non-hydrogen) atoms. The van der Waals surface area contributed by atoms with E-state index in [1.807, 2.05) is 18.2 Å². The third kappa shape index (κ3) is 4.54. The standard InChI is InChI=1S/C23H18N2/c24-19-22-12-6-5-11-21(22)10-4-2-1-3-9-20-13-15-23(16-14-20)25-17-7-8-18-25/h1-2,5-6,11-16H,7-8,17-18H2. The molecule has 120 valence electrons. The Balaban J connectivity index is 1.60. The molecule has 1 heterocycles. The van der Waals surface area contributed by atoms with Crippen LogP contribution in [0, 0.1) is 35.0 Å². The Morgan fingerprint density at radius 1 is 0.800 bits per heavy atom. The van der Waals surface area contributed by atoms with Crippen LogP contribution in [0.3, 0.4) is 0 Å². The monoisotopic (exact) mass is 322 g/mol. The molecule has 2 aromatic carbocycles. The summed E-state index contributed by atoms with van der Waals surface area (Å²) in [7, 11) is 0. The molecule has 0 unspecified atom stereocenters. The molecule has 0 saturated carbocycles. The lowest BCUT2D eigenvalue weighted by Gasteiger charge is -2.17.